The second kappa shape index (κ2) is 7.49. The van der Waals surface area contributed by atoms with Gasteiger partial charge in [-0.25, -0.2) is 0 Å². The third kappa shape index (κ3) is 3.41. The molecule has 0 aromatic rings. The zero-order valence-electron chi connectivity index (χ0n) is 9.74. The number of allylic oxidation sites excluding steroid dienone is 1. The minimum atomic E-state index is -1.22. The normalized spacial score (nSPS) is 11.9. The Hall–Kier alpha value is -1.79. The maximum atomic E-state index is 9.09. The maximum Gasteiger partial charge on any atom is 0.162 e. The van der Waals surface area contributed by atoms with Gasteiger partial charge in [-0.3, -0.25) is 0 Å². The van der Waals surface area contributed by atoms with Gasteiger partial charge in [0, 0.05) is 0 Å². The van der Waals surface area contributed by atoms with Crippen molar-refractivity contribution < 1.29 is 0 Å². The standard InChI is InChI=1S/C13H17N3/c1-3-5-6-7-12(9-14)13(10-15,11-16)8-4-2/h4,12H,2-3,5-8H2,1H3. The smallest absolute Gasteiger partial charge is 0.162 e. The van der Waals surface area contributed by atoms with Crippen LogP contribution >= 0.6 is 0 Å². The Morgan fingerprint density at radius 1 is 1.25 bits per heavy atom. The molecule has 0 saturated carbocycles. The van der Waals surface area contributed by atoms with E-state index < -0.39 is 11.3 Å². The molecule has 0 aliphatic carbocycles. The van der Waals surface area contributed by atoms with Gasteiger partial charge in [0.1, 0.15) is 0 Å². The molecule has 0 amide bonds. The molecule has 0 radical (unpaired) electrons. The number of unbranched alkanes of at least 4 members (excludes halogenated alkanes) is 2. The Labute approximate surface area is 97.6 Å². The van der Waals surface area contributed by atoms with Crippen molar-refractivity contribution in [3.05, 3.63) is 12.7 Å². The third-order valence-corrected chi connectivity index (χ3v) is 2.71. The minimum absolute atomic E-state index is 0.254. The van der Waals surface area contributed by atoms with E-state index in [-0.39, 0.29) is 6.42 Å². The van der Waals surface area contributed by atoms with Gasteiger partial charge in [-0.2, -0.15) is 15.8 Å². The van der Waals surface area contributed by atoms with Gasteiger partial charge in [-0.1, -0.05) is 32.3 Å². The minimum Gasteiger partial charge on any atom is -0.198 e. The van der Waals surface area contributed by atoms with Gasteiger partial charge in [-0.15, -0.1) is 6.58 Å². The average Bonchev–Trinajstić information content (AvgIpc) is 2.32. The lowest BCUT2D eigenvalue weighted by Gasteiger charge is -2.22. The van der Waals surface area contributed by atoms with Crippen LogP contribution in [0.3, 0.4) is 0 Å². The first-order valence-electron chi connectivity index (χ1n) is 5.53. The molecule has 84 valence electrons. The Bertz CT molecular complexity index is 324. The van der Waals surface area contributed by atoms with Crippen molar-refractivity contribution >= 4 is 0 Å². The number of nitriles is 3. The number of nitrogens with zero attached hydrogens (tertiary/aromatic N) is 3. The molecular weight excluding hydrogens is 198 g/mol. The summed E-state index contributed by atoms with van der Waals surface area (Å²) in [6.45, 7) is 5.62. The van der Waals surface area contributed by atoms with E-state index in [2.05, 4.69) is 19.6 Å². The van der Waals surface area contributed by atoms with E-state index in [0.29, 0.717) is 6.42 Å². The highest BCUT2D eigenvalue weighted by atomic mass is 14.5. The van der Waals surface area contributed by atoms with Crippen LogP contribution < -0.4 is 0 Å². The van der Waals surface area contributed by atoms with E-state index >= 15 is 0 Å². The highest BCUT2D eigenvalue weighted by molar-refractivity contribution is 5.22. The maximum absolute atomic E-state index is 9.09. The zero-order chi connectivity index (χ0) is 12.4. The van der Waals surface area contributed by atoms with Crippen molar-refractivity contribution in [1.82, 2.24) is 0 Å². The van der Waals surface area contributed by atoms with Gasteiger partial charge < -0.3 is 0 Å². The van der Waals surface area contributed by atoms with Gasteiger partial charge in [0.25, 0.3) is 0 Å². The van der Waals surface area contributed by atoms with Crippen LogP contribution in [-0.2, 0) is 0 Å². The molecule has 0 aliphatic rings. The summed E-state index contributed by atoms with van der Waals surface area (Å²) in [5.41, 5.74) is -1.22. The summed E-state index contributed by atoms with van der Waals surface area (Å²) in [5, 5.41) is 27.3. The summed E-state index contributed by atoms with van der Waals surface area (Å²) >= 11 is 0. The average molecular weight is 215 g/mol. The van der Waals surface area contributed by atoms with E-state index in [0.717, 1.165) is 19.3 Å². The molecule has 0 aliphatic heterocycles. The van der Waals surface area contributed by atoms with Gasteiger partial charge in [0.2, 0.25) is 0 Å². The molecule has 0 fully saturated rings. The zero-order valence-corrected chi connectivity index (χ0v) is 9.74. The van der Waals surface area contributed by atoms with E-state index in [1.54, 1.807) is 0 Å². The first-order chi connectivity index (χ1) is 7.70. The fourth-order valence-corrected chi connectivity index (χ4v) is 1.66. The molecule has 1 atom stereocenters. The van der Waals surface area contributed by atoms with Crippen LogP contribution in [0.2, 0.25) is 0 Å². The summed E-state index contributed by atoms with van der Waals surface area (Å²) in [7, 11) is 0. The molecule has 1 unspecified atom stereocenters. The number of hydrogen-bond donors (Lipinski definition) is 0. The van der Waals surface area contributed by atoms with Crippen LogP contribution in [0.1, 0.15) is 39.0 Å². The van der Waals surface area contributed by atoms with Gasteiger partial charge in [0.05, 0.1) is 24.1 Å². The third-order valence-electron chi connectivity index (χ3n) is 2.71. The first-order valence-corrected chi connectivity index (χ1v) is 5.53. The summed E-state index contributed by atoms with van der Waals surface area (Å²) in [6.07, 6.45) is 5.38. The predicted molar refractivity (Wildman–Crippen MR) is 61.7 cm³/mol. The molecule has 3 heteroatoms. The second-order valence-corrected chi connectivity index (χ2v) is 3.87. The summed E-state index contributed by atoms with van der Waals surface area (Å²) in [4.78, 5) is 0. The van der Waals surface area contributed by atoms with E-state index in [4.69, 9.17) is 15.8 Å². The van der Waals surface area contributed by atoms with Crippen LogP contribution in [-0.4, -0.2) is 0 Å². The molecular formula is C13H17N3. The Kier molecular flexibility index (Phi) is 6.66. The van der Waals surface area contributed by atoms with E-state index in [1.807, 2.05) is 12.1 Å². The molecule has 0 N–H and O–H groups in total. The number of rotatable bonds is 7. The fraction of sp³-hybridized carbons (Fsp3) is 0.615. The number of hydrogen-bond acceptors (Lipinski definition) is 3. The molecule has 0 aromatic carbocycles. The second-order valence-electron chi connectivity index (χ2n) is 3.87. The predicted octanol–water partition coefficient (Wildman–Crippen LogP) is 3.32. The van der Waals surface area contributed by atoms with Crippen LogP contribution in [0.4, 0.5) is 0 Å². The lowest BCUT2D eigenvalue weighted by molar-refractivity contribution is 0.359. The van der Waals surface area contributed by atoms with Crippen LogP contribution in [0, 0.1) is 45.3 Å². The molecule has 0 heterocycles. The van der Waals surface area contributed by atoms with Gasteiger partial charge in [-0.05, 0) is 12.8 Å². The quantitative estimate of drug-likeness (QED) is 0.483. The lowest BCUT2D eigenvalue weighted by Crippen LogP contribution is -2.26. The molecule has 0 bridgehead atoms. The van der Waals surface area contributed by atoms with E-state index in [9.17, 15) is 0 Å². The monoisotopic (exact) mass is 215 g/mol. The van der Waals surface area contributed by atoms with Crippen molar-refractivity contribution in [3.63, 3.8) is 0 Å². The van der Waals surface area contributed by atoms with Crippen LogP contribution in [0.15, 0.2) is 12.7 Å². The van der Waals surface area contributed by atoms with E-state index in [1.165, 1.54) is 6.08 Å². The summed E-state index contributed by atoms with van der Waals surface area (Å²) < 4.78 is 0. The van der Waals surface area contributed by atoms with Crippen molar-refractivity contribution in [1.29, 1.82) is 15.8 Å². The molecule has 0 spiro atoms. The highest BCUT2D eigenvalue weighted by Gasteiger charge is 2.38. The van der Waals surface area contributed by atoms with Gasteiger partial charge >= 0.3 is 0 Å². The molecule has 0 rings (SSSR count). The first kappa shape index (κ1) is 14.2. The topological polar surface area (TPSA) is 71.4 Å². The molecule has 3 nitrogen and oxygen atoms in total. The lowest BCUT2D eigenvalue weighted by atomic mass is 9.73. The van der Waals surface area contributed by atoms with Crippen molar-refractivity contribution in [2.45, 2.75) is 39.0 Å². The molecule has 0 saturated heterocycles. The molecule has 0 aromatic heterocycles. The van der Waals surface area contributed by atoms with Gasteiger partial charge in [0.15, 0.2) is 5.41 Å². The summed E-state index contributed by atoms with van der Waals surface area (Å²) in [5.74, 6) is -0.521. The SMILES string of the molecule is C=CCC(C#N)(C#N)C(C#N)CCCCC. The fourth-order valence-electron chi connectivity index (χ4n) is 1.66. The van der Waals surface area contributed by atoms with Crippen molar-refractivity contribution in [2.24, 2.45) is 11.3 Å². The largest absolute Gasteiger partial charge is 0.198 e. The van der Waals surface area contributed by atoms with Crippen LogP contribution in [0.5, 0.6) is 0 Å². The Morgan fingerprint density at radius 2 is 1.88 bits per heavy atom. The van der Waals surface area contributed by atoms with Crippen LogP contribution in [0.25, 0.3) is 0 Å². The molecule has 16 heavy (non-hydrogen) atoms. The highest BCUT2D eigenvalue weighted by Crippen LogP contribution is 2.34. The summed E-state index contributed by atoms with van der Waals surface area (Å²) in [6, 6.07) is 6.07. The Balaban J connectivity index is 4.76. The van der Waals surface area contributed by atoms with Crippen molar-refractivity contribution in [3.8, 4) is 18.2 Å². The Morgan fingerprint density at radius 3 is 2.25 bits per heavy atom. The van der Waals surface area contributed by atoms with Crippen molar-refractivity contribution in [2.75, 3.05) is 0 Å².